The summed E-state index contributed by atoms with van der Waals surface area (Å²) in [5.41, 5.74) is 3.45. The van der Waals surface area contributed by atoms with E-state index in [-0.39, 0.29) is 30.4 Å². The molecule has 2 saturated heterocycles. The zero-order chi connectivity index (χ0) is 22.6. The predicted molar refractivity (Wildman–Crippen MR) is 127 cm³/mol. The standard InChI is InChI=1S/C28H28N2O3/c31-27(30-24(20-33-28(30)32)16-21-10-4-1-5-11-21)26-19-29(17-22-12-6-2-7-13-22)18-25(26)23-14-8-3-9-15-23/h1-15,24-26H,16-20H2/t24-,25+,26-/m1/s1. The lowest BCUT2D eigenvalue weighted by Crippen LogP contribution is -2.45. The van der Waals surface area contributed by atoms with Gasteiger partial charge in [0.1, 0.15) is 6.61 Å². The number of hydrogen-bond donors (Lipinski definition) is 0. The van der Waals surface area contributed by atoms with E-state index in [9.17, 15) is 9.59 Å². The first-order chi connectivity index (χ1) is 16.2. The monoisotopic (exact) mass is 440 g/mol. The number of rotatable bonds is 6. The summed E-state index contributed by atoms with van der Waals surface area (Å²) < 4.78 is 5.35. The number of likely N-dealkylation sites (tertiary alicyclic amines) is 1. The zero-order valence-corrected chi connectivity index (χ0v) is 18.5. The summed E-state index contributed by atoms with van der Waals surface area (Å²) in [6, 6.07) is 30.2. The first kappa shape index (κ1) is 21.4. The molecule has 0 aromatic heterocycles. The molecule has 33 heavy (non-hydrogen) atoms. The number of imide groups is 1. The van der Waals surface area contributed by atoms with Crippen LogP contribution in [0.3, 0.4) is 0 Å². The van der Waals surface area contributed by atoms with Gasteiger partial charge in [-0.05, 0) is 23.1 Å². The van der Waals surface area contributed by atoms with Crippen LogP contribution in [-0.4, -0.2) is 47.5 Å². The zero-order valence-electron chi connectivity index (χ0n) is 18.5. The van der Waals surface area contributed by atoms with E-state index < -0.39 is 6.09 Å². The van der Waals surface area contributed by atoms with Gasteiger partial charge < -0.3 is 4.74 Å². The van der Waals surface area contributed by atoms with Crippen molar-refractivity contribution >= 4 is 12.0 Å². The highest BCUT2D eigenvalue weighted by molar-refractivity contribution is 5.95. The average molecular weight is 441 g/mol. The molecule has 5 rings (SSSR count). The van der Waals surface area contributed by atoms with E-state index in [1.54, 1.807) is 0 Å². The number of amides is 2. The topological polar surface area (TPSA) is 49.9 Å². The van der Waals surface area contributed by atoms with E-state index in [2.05, 4.69) is 29.2 Å². The minimum Gasteiger partial charge on any atom is -0.447 e. The van der Waals surface area contributed by atoms with Gasteiger partial charge in [-0.3, -0.25) is 9.69 Å². The van der Waals surface area contributed by atoms with Gasteiger partial charge in [0.15, 0.2) is 0 Å². The number of carbonyl (C=O) groups is 2. The summed E-state index contributed by atoms with van der Waals surface area (Å²) in [4.78, 5) is 30.2. The van der Waals surface area contributed by atoms with Crippen LogP contribution in [0.1, 0.15) is 22.6 Å². The summed E-state index contributed by atoms with van der Waals surface area (Å²) in [6.45, 7) is 2.43. The molecule has 0 radical (unpaired) electrons. The summed E-state index contributed by atoms with van der Waals surface area (Å²) in [5.74, 6) is -0.379. The van der Waals surface area contributed by atoms with Crippen molar-refractivity contribution in [2.75, 3.05) is 19.7 Å². The van der Waals surface area contributed by atoms with Crippen LogP contribution >= 0.6 is 0 Å². The van der Waals surface area contributed by atoms with Crippen LogP contribution in [0.2, 0.25) is 0 Å². The van der Waals surface area contributed by atoms with Crippen molar-refractivity contribution in [3.8, 4) is 0 Å². The molecule has 0 unspecified atom stereocenters. The highest BCUT2D eigenvalue weighted by Crippen LogP contribution is 2.36. The Kier molecular flexibility index (Phi) is 6.22. The molecular weight excluding hydrogens is 412 g/mol. The first-order valence-corrected chi connectivity index (χ1v) is 11.5. The van der Waals surface area contributed by atoms with Crippen molar-refractivity contribution in [2.24, 2.45) is 5.92 Å². The second-order valence-corrected chi connectivity index (χ2v) is 8.93. The lowest BCUT2D eigenvalue weighted by atomic mass is 9.87. The van der Waals surface area contributed by atoms with Gasteiger partial charge in [0.2, 0.25) is 5.91 Å². The van der Waals surface area contributed by atoms with E-state index in [1.165, 1.54) is 10.5 Å². The maximum atomic E-state index is 13.8. The Hall–Kier alpha value is -3.44. The second-order valence-electron chi connectivity index (χ2n) is 8.93. The maximum Gasteiger partial charge on any atom is 0.416 e. The Bertz CT molecular complexity index is 1090. The lowest BCUT2D eigenvalue weighted by Gasteiger charge is -2.26. The molecular formula is C28H28N2O3. The van der Waals surface area contributed by atoms with E-state index in [0.29, 0.717) is 13.0 Å². The third-order valence-corrected chi connectivity index (χ3v) is 6.70. The first-order valence-electron chi connectivity index (χ1n) is 11.5. The molecule has 2 aliphatic heterocycles. The quantitative estimate of drug-likeness (QED) is 0.567. The number of carbonyl (C=O) groups excluding carboxylic acids is 2. The van der Waals surface area contributed by atoms with E-state index in [1.807, 2.05) is 66.7 Å². The average Bonchev–Trinajstić information content (AvgIpc) is 3.44. The fourth-order valence-electron chi connectivity index (χ4n) is 5.09. The highest BCUT2D eigenvalue weighted by atomic mass is 16.6. The van der Waals surface area contributed by atoms with Crippen molar-refractivity contribution in [1.82, 2.24) is 9.80 Å². The van der Waals surface area contributed by atoms with Crippen LogP contribution in [0.15, 0.2) is 91.0 Å². The Morgan fingerprint density at radius 3 is 2.09 bits per heavy atom. The third kappa shape index (κ3) is 4.69. The maximum absolute atomic E-state index is 13.8. The van der Waals surface area contributed by atoms with Crippen molar-refractivity contribution in [2.45, 2.75) is 24.9 Å². The largest absolute Gasteiger partial charge is 0.447 e. The van der Waals surface area contributed by atoms with Gasteiger partial charge in [0, 0.05) is 25.6 Å². The smallest absolute Gasteiger partial charge is 0.416 e. The summed E-state index contributed by atoms with van der Waals surface area (Å²) in [7, 11) is 0. The van der Waals surface area contributed by atoms with Crippen molar-refractivity contribution in [3.05, 3.63) is 108 Å². The van der Waals surface area contributed by atoms with Crippen molar-refractivity contribution in [3.63, 3.8) is 0 Å². The van der Waals surface area contributed by atoms with Gasteiger partial charge in [-0.15, -0.1) is 0 Å². The normalized spacial score (nSPS) is 23.0. The van der Waals surface area contributed by atoms with E-state index in [4.69, 9.17) is 4.74 Å². The lowest BCUT2D eigenvalue weighted by molar-refractivity contribution is -0.133. The third-order valence-electron chi connectivity index (χ3n) is 6.70. The second kappa shape index (κ2) is 9.59. The van der Waals surface area contributed by atoms with Crippen LogP contribution in [0, 0.1) is 5.92 Å². The number of ether oxygens (including phenoxy) is 1. The Morgan fingerprint density at radius 1 is 0.818 bits per heavy atom. The number of nitrogens with zero attached hydrogens (tertiary/aromatic N) is 2. The molecule has 0 saturated carbocycles. The number of hydrogen-bond acceptors (Lipinski definition) is 4. The number of benzene rings is 3. The summed E-state index contributed by atoms with van der Waals surface area (Å²) in [5, 5.41) is 0. The summed E-state index contributed by atoms with van der Waals surface area (Å²) in [6.07, 6.45) is 0.0867. The van der Waals surface area contributed by atoms with Gasteiger partial charge in [-0.1, -0.05) is 91.0 Å². The molecule has 168 valence electrons. The predicted octanol–water partition coefficient (Wildman–Crippen LogP) is 4.49. The van der Waals surface area contributed by atoms with Crippen LogP contribution < -0.4 is 0 Å². The molecule has 2 heterocycles. The minimum absolute atomic E-state index is 0.0354. The molecule has 0 bridgehead atoms. The molecule has 3 aromatic carbocycles. The van der Waals surface area contributed by atoms with Crippen molar-refractivity contribution < 1.29 is 14.3 Å². The molecule has 5 heteroatoms. The fourth-order valence-corrected chi connectivity index (χ4v) is 5.09. The molecule has 2 aliphatic rings. The van der Waals surface area contributed by atoms with E-state index >= 15 is 0 Å². The van der Waals surface area contributed by atoms with Gasteiger partial charge >= 0.3 is 6.09 Å². The van der Waals surface area contributed by atoms with Gasteiger partial charge in [0.25, 0.3) is 0 Å². The van der Waals surface area contributed by atoms with Gasteiger partial charge in [-0.2, -0.15) is 0 Å². The van der Waals surface area contributed by atoms with Crippen LogP contribution in [0.4, 0.5) is 4.79 Å². The SMILES string of the molecule is O=C1OC[C@@H](Cc2ccccc2)N1C(=O)[C@@H]1CN(Cc2ccccc2)C[C@H]1c1ccccc1. The molecule has 5 nitrogen and oxygen atoms in total. The van der Waals surface area contributed by atoms with Crippen LogP contribution in [0.5, 0.6) is 0 Å². The highest BCUT2D eigenvalue weighted by Gasteiger charge is 2.46. The van der Waals surface area contributed by atoms with Crippen LogP contribution in [-0.2, 0) is 22.5 Å². The number of cyclic esters (lactones) is 1. The van der Waals surface area contributed by atoms with Gasteiger partial charge in [0.05, 0.1) is 12.0 Å². The molecule has 0 spiro atoms. The van der Waals surface area contributed by atoms with Gasteiger partial charge in [-0.25, -0.2) is 9.69 Å². The molecule has 3 atom stereocenters. The fraction of sp³-hybridized carbons (Fsp3) is 0.286. The molecule has 0 N–H and O–H groups in total. The molecule has 0 aliphatic carbocycles. The Labute approximate surface area is 194 Å². The summed E-state index contributed by atoms with van der Waals surface area (Å²) >= 11 is 0. The molecule has 2 amide bonds. The van der Waals surface area contributed by atoms with Crippen LogP contribution in [0.25, 0.3) is 0 Å². The molecule has 2 fully saturated rings. The van der Waals surface area contributed by atoms with Crippen molar-refractivity contribution in [1.29, 1.82) is 0 Å². The molecule has 3 aromatic rings. The van der Waals surface area contributed by atoms with E-state index in [0.717, 1.165) is 24.2 Å². The Balaban J connectivity index is 1.39. The minimum atomic E-state index is -0.519. The Morgan fingerprint density at radius 2 is 1.42 bits per heavy atom.